The first-order valence-electron chi connectivity index (χ1n) is 5.62. The molecule has 0 fully saturated rings. The zero-order valence-electron chi connectivity index (χ0n) is 8.55. The van der Waals surface area contributed by atoms with Crippen LogP contribution < -0.4 is 0 Å². The van der Waals surface area contributed by atoms with Gasteiger partial charge in [0.1, 0.15) is 0 Å². The van der Waals surface area contributed by atoms with Gasteiger partial charge in [-0.2, -0.15) is 0 Å². The molecule has 0 N–H and O–H groups in total. The van der Waals surface area contributed by atoms with E-state index >= 15 is 0 Å². The van der Waals surface area contributed by atoms with Crippen LogP contribution in [0, 0.1) is 0 Å². The summed E-state index contributed by atoms with van der Waals surface area (Å²) in [6.07, 6.45) is 3.78. The molecule has 1 heteroatoms. The largest absolute Gasteiger partial charge is 0.125 e. The number of rotatable bonds is 0. The Morgan fingerprint density at radius 3 is 2.87 bits per heavy atom. The molecule has 0 nitrogen and oxygen atoms in total. The van der Waals surface area contributed by atoms with Crippen LogP contribution in [0.2, 0.25) is 0 Å². The van der Waals surface area contributed by atoms with E-state index in [0.29, 0.717) is 0 Å². The molecule has 1 heterocycles. The summed E-state index contributed by atoms with van der Waals surface area (Å²) in [6, 6.07) is 9.30. The monoisotopic (exact) mass is 212 g/mol. The molecule has 0 atom stereocenters. The third-order valence-corrected chi connectivity index (χ3v) is 4.82. The lowest BCUT2D eigenvalue weighted by Crippen LogP contribution is -1.86. The van der Waals surface area contributed by atoms with Crippen molar-refractivity contribution in [3.63, 3.8) is 0 Å². The molecule has 2 aromatic rings. The predicted molar refractivity (Wildman–Crippen MR) is 65.8 cm³/mol. The van der Waals surface area contributed by atoms with Crippen molar-refractivity contribution in [2.45, 2.75) is 24.2 Å². The van der Waals surface area contributed by atoms with Gasteiger partial charge in [-0.15, -0.1) is 11.8 Å². The number of aryl methyl sites for hydroxylation is 3. The highest BCUT2D eigenvalue weighted by Gasteiger charge is 2.21. The average molecular weight is 212 g/mol. The molecule has 0 saturated carbocycles. The lowest BCUT2D eigenvalue weighted by molar-refractivity contribution is 1.02. The number of benzene rings is 2. The van der Waals surface area contributed by atoms with E-state index in [9.17, 15) is 0 Å². The van der Waals surface area contributed by atoms with Crippen LogP contribution in [0.15, 0.2) is 29.2 Å². The van der Waals surface area contributed by atoms with E-state index in [-0.39, 0.29) is 0 Å². The minimum absolute atomic E-state index is 1.25. The second-order valence-electron chi connectivity index (χ2n) is 4.46. The average Bonchev–Trinajstić information content (AvgIpc) is 2.87. The van der Waals surface area contributed by atoms with Crippen LogP contribution in [0.3, 0.4) is 0 Å². The molecule has 15 heavy (non-hydrogen) atoms. The Bertz CT molecular complexity index is 569. The van der Waals surface area contributed by atoms with Crippen molar-refractivity contribution >= 4 is 22.5 Å². The van der Waals surface area contributed by atoms with Gasteiger partial charge in [-0.25, -0.2) is 0 Å². The maximum absolute atomic E-state index is 2.47. The summed E-state index contributed by atoms with van der Waals surface area (Å²) in [5.41, 5.74) is 4.77. The highest BCUT2D eigenvalue weighted by atomic mass is 32.2. The van der Waals surface area contributed by atoms with Crippen LogP contribution in [0.25, 0.3) is 10.8 Å². The van der Waals surface area contributed by atoms with E-state index in [0.717, 1.165) is 0 Å². The Balaban J connectivity index is 2.24. The van der Waals surface area contributed by atoms with E-state index in [2.05, 4.69) is 24.3 Å². The van der Waals surface area contributed by atoms with Crippen LogP contribution in [0.4, 0.5) is 0 Å². The Morgan fingerprint density at radius 2 is 1.87 bits per heavy atom. The number of hydrogen-bond acceptors (Lipinski definition) is 1. The molecule has 0 unspecified atom stereocenters. The lowest BCUT2D eigenvalue weighted by atomic mass is 10.0. The van der Waals surface area contributed by atoms with E-state index in [1.165, 1.54) is 30.4 Å². The van der Waals surface area contributed by atoms with Crippen molar-refractivity contribution in [3.8, 4) is 0 Å². The maximum Gasteiger partial charge on any atom is 0.0183 e. The highest BCUT2D eigenvalue weighted by Crippen LogP contribution is 2.42. The normalized spacial score (nSPS) is 17.3. The van der Waals surface area contributed by atoms with E-state index in [1.807, 2.05) is 11.8 Å². The van der Waals surface area contributed by atoms with Gasteiger partial charge in [0.05, 0.1) is 0 Å². The van der Waals surface area contributed by atoms with Gasteiger partial charge in [0.2, 0.25) is 0 Å². The molecule has 2 aromatic carbocycles. The van der Waals surface area contributed by atoms with Gasteiger partial charge in [-0.05, 0) is 46.7 Å². The standard InChI is InChI=1S/C14H12S/c1-2-9-4-5-10-8-11-6-7-15-14(11)12(3-1)13(9)10/h1-3,8H,4-7H2. The van der Waals surface area contributed by atoms with Crippen molar-refractivity contribution in [2.75, 3.05) is 5.75 Å². The fraction of sp³-hybridized carbons (Fsp3) is 0.286. The molecule has 0 radical (unpaired) electrons. The van der Waals surface area contributed by atoms with Crippen molar-refractivity contribution < 1.29 is 0 Å². The van der Waals surface area contributed by atoms with Gasteiger partial charge in [0.15, 0.2) is 0 Å². The smallest absolute Gasteiger partial charge is 0.0183 e. The number of thioether (sulfide) groups is 1. The third-order valence-electron chi connectivity index (χ3n) is 3.64. The molecular formula is C14H12S. The summed E-state index contributed by atoms with van der Waals surface area (Å²) in [5, 5.41) is 3.10. The van der Waals surface area contributed by atoms with Crippen LogP contribution in [0.5, 0.6) is 0 Å². The summed E-state index contributed by atoms with van der Waals surface area (Å²) < 4.78 is 0. The van der Waals surface area contributed by atoms with Gasteiger partial charge < -0.3 is 0 Å². The van der Waals surface area contributed by atoms with E-state index < -0.39 is 0 Å². The molecule has 0 aromatic heterocycles. The Morgan fingerprint density at radius 1 is 0.933 bits per heavy atom. The van der Waals surface area contributed by atoms with Crippen molar-refractivity contribution in [1.82, 2.24) is 0 Å². The first-order chi connectivity index (χ1) is 7.43. The minimum Gasteiger partial charge on any atom is -0.125 e. The second-order valence-corrected chi connectivity index (χ2v) is 5.57. The number of fused-ring (bicyclic) bond motifs is 2. The van der Waals surface area contributed by atoms with Gasteiger partial charge in [-0.1, -0.05) is 24.3 Å². The van der Waals surface area contributed by atoms with Crippen LogP contribution in [-0.2, 0) is 19.3 Å². The first kappa shape index (κ1) is 8.23. The Labute approximate surface area is 93.7 Å². The molecule has 74 valence electrons. The zero-order chi connectivity index (χ0) is 9.83. The molecule has 4 rings (SSSR count). The van der Waals surface area contributed by atoms with E-state index in [4.69, 9.17) is 0 Å². The van der Waals surface area contributed by atoms with Crippen molar-refractivity contribution in [3.05, 3.63) is 41.0 Å². The third kappa shape index (κ3) is 0.993. The molecule has 2 aliphatic rings. The van der Waals surface area contributed by atoms with Crippen LogP contribution >= 0.6 is 11.8 Å². The second kappa shape index (κ2) is 2.79. The topological polar surface area (TPSA) is 0 Å². The first-order valence-corrected chi connectivity index (χ1v) is 6.61. The van der Waals surface area contributed by atoms with E-state index in [1.54, 1.807) is 27.0 Å². The Hall–Kier alpha value is -0.950. The minimum atomic E-state index is 1.25. The maximum atomic E-state index is 2.47. The van der Waals surface area contributed by atoms with Crippen LogP contribution in [-0.4, -0.2) is 5.75 Å². The summed E-state index contributed by atoms with van der Waals surface area (Å²) in [6.45, 7) is 0. The molecule has 1 aliphatic carbocycles. The lowest BCUT2D eigenvalue weighted by Gasteiger charge is -2.07. The summed E-state index contributed by atoms with van der Waals surface area (Å²) in [7, 11) is 0. The zero-order valence-corrected chi connectivity index (χ0v) is 9.36. The molecule has 0 amide bonds. The quantitative estimate of drug-likeness (QED) is 0.643. The van der Waals surface area contributed by atoms with Gasteiger partial charge in [0.25, 0.3) is 0 Å². The highest BCUT2D eigenvalue weighted by molar-refractivity contribution is 7.99. The van der Waals surface area contributed by atoms with Crippen molar-refractivity contribution in [2.24, 2.45) is 0 Å². The number of hydrogen-bond donors (Lipinski definition) is 0. The fourth-order valence-electron chi connectivity index (χ4n) is 2.98. The predicted octanol–water partition coefficient (Wildman–Crippen LogP) is 3.59. The van der Waals surface area contributed by atoms with Gasteiger partial charge >= 0.3 is 0 Å². The summed E-state index contributed by atoms with van der Waals surface area (Å²) in [4.78, 5) is 1.57. The van der Waals surface area contributed by atoms with Crippen LogP contribution in [0.1, 0.15) is 16.7 Å². The van der Waals surface area contributed by atoms with Gasteiger partial charge in [-0.3, -0.25) is 0 Å². The molecule has 0 saturated heterocycles. The summed E-state index contributed by atoms with van der Waals surface area (Å²) in [5.74, 6) is 1.28. The van der Waals surface area contributed by atoms with Gasteiger partial charge in [0, 0.05) is 10.6 Å². The fourth-order valence-corrected chi connectivity index (χ4v) is 4.18. The SMILES string of the molecule is c1cc2c3c(cc4c(c3c1)SCC4)CC2. The molecular weight excluding hydrogens is 200 g/mol. The van der Waals surface area contributed by atoms with Crippen molar-refractivity contribution in [1.29, 1.82) is 0 Å². The Kier molecular flexibility index (Phi) is 1.53. The summed E-state index contributed by atoms with van der Waals surface area (Å²) >= 11 is 2.04. The molecule has 0 bridgehead atoms. The molecule has 1 aliphatic heterocycles. The molecule has 0 spiro atoms.